The summed E-state index contributed by atoms with van der Waals surface area (Å²) in [5.41, 5.74) is 5.37. The summed E-state index contributed by atoms with van der Waals surface area (Å²) in [6.07, 6.45) is 5.40. The van der Waals surface area contributed by atoms with Crippen LogP contribution in [0.5, 0.6) is 5.75 Å². The minimum atomic E-state index is -0.298. The molecule has 0 unspecified atom stereocenters. The van der Waals surface area contributed by atoms with Gasteiger partial charge in [-0.2, -0.15) is 0 Å². The summed E-state index contributed by atoms with van der Waals surface area (Å²) in [6.45, 7) is 7.24. The van der Waals surface area contributed by atoms with E-state index in [0.29, 0.717) is 25.4 Å². The fraction of sp³-hybridized carbons (Fsp3) is 0.379. The summed E-state index contributed by atoms with van der Waals surface area (Å²) in [5.74, 6) is 1.42. The zero-order valence-electron chi connectivity index (χ0n) is 20.3. The van der Waals surface area contributed by atoms with Gasteiger partial charge in [0, 0.05) is 38.3 Å². The van der Waals surface area contributed by atoms with Crippen LogP contribution in [-0.4, -0.2) is 39.7 Å². The molecular formula is C29H34N2O3. The third-order valence-corrected chi connectivity index (χ3v) is 6.44. The van der Waals surface area contributed by atoms with E-state index in [1.54, 1.807) is 17.3 Å². The van der Waals surface area contributed by atoms with Crippen LogP contribution in [0.3, 0.4) is 0 Å². The number of carbonyl (C=O) groups is 1. The van der Waals surface area contributed by atoms with Crippen molar-refractivity contribution in [2.24, 2.45) is 0 Å². The number of hydrogen-bond donors (Lipinski definition) is 1. The lowest BCUT2D eigenvalue weighted by Crippen LogP contribution is -2.34. The normalized spacial score (nSPS) is 16.9. The maximum atomic E-state index is 13.0. The molecule has 0 saturated heterocycles. The van der Waals surface area contributed by atoms with Crippen LogP contribution >= 0.6 is 0 Å². The van der Waals surface area contributed by atoms with Crippen LogP contribution < -0.4 is 4.74 Å². The van der Waals surface area contributed by atoms with Crippen LogP contribution in [0, 0.1) is 0 Å². The summed E-state index contributed by atoms with van der Waals surface area (Å²) in [7, 11) is 0. The molecule has 0 fully saturated rings. The van der Waals surface area contributed by atoms with E-state index in [2.05, 4.69) is 56.1 Å². The molecule has 5 nitrogen and oxygen atoms in total. The van der Waals surface area contributed by atoms with Gasteiger partial charge in [0.05, 0.1) is 13.0 Å². The average Bonchev–Trinajstić information content (AvgIpc) is 3.14. The minimum Gasteiger partial charge on any atom is -0.487 e. The van der Waals surface area contributed by atoms with Crippen molar-refractivity contribution >= 4 is 5.91 Å². The molecular weight excluding hydrogens is 424 g/mol. The van der Waals surface area contributed by atoms with Crippen LogP contribution in [0.4, 0.5) is 0 Å². The lowest BCUT2D eigenvalue weighted by atomic mass is 9.90. The zero-order chi connectivity index (χ0) is 24.1. The lowest BCUT2D eigenvalue weighted by molar-refractivity contribution is -0.131. The smallest absolute Gasteiger partial charge is 0.227 e. The molecule has 1 amide bonds. The first kappa shape index (κ1) is 24.0. The molecule has 0 bridgehead atoms. The Balaban J connectivity index is 1.41. The molecule has 2 aromatic carbocycles. The van der Waals surface area contributed by atoms with E-state index in [-0.39, 0.29) is 18.1 Å². The first-order chi connectivity index (χ1) is 16.3. The number of pyridine rings is 1. The lowest BCUT2D eigenvalue weighted by Gasteiger charge is -2.24. The molecule has 0 radical (unpaired) electrons. The third kappa shape index (κ3) is 5.84. The summed E-state index contributed by atoms with van der Waals surface area (Å²) in [4.78, 5) is 18.8. The van der Waals surface area contributed by atoms with Crippen molar-refractivity contribution in [2.45, 2.75) is 58.1 Å². The number of aromatic nitrogens is 1. The van der Waals surface area contributed by atoms with Crippen molar-refractivity contribution in [1.82, 2.24) is 9.88 Å². The number of rotatable bonds is 9. The second-order valence-corrected chi connectivity index (χ2v) is 9.82. The van der Waals surface area contributed by atoms with Gasteiger partial charge in [-0.25, -0.2) is 0 Å². The Kier molecular flexibility index (Phi) is 7.32. The van der Waals surface area contributed by atoms with E-state index in [9.17, 15) is 9.90 Å². The summed E-state index contributed by atoms with van der Waals surface area (Å²) in [5, 5.41) is 9.45. The van der Waals surface area contributed by atoms with Crippen molar-refractivity contribution < 1.29 is 14.6 Å². The monoisotopic (exact) mass is 458 g/mol. The Hall–Kier alpha value is -3.18. The van der Waals surface area contributed by atoms with Gasteiger partial charge in [-0.1, -0.05) is 56.3 Å². The Morgan fingerprint density at radius 3 is 2.56 bits per heavy atom. The molecule has 0 spiro atoms. The Morgan fingerprint density at radius 2 is 1.88 bits per heavy atom. The van der Waals surface area contributed by atoms with E-state index in [1.165, 1.54) is 11.1 Å². The number of fused-ring (bicyclic) bond motifs is 1. The van der Waals surface area contributed by atoms with Gasteiger partial charge in [-0.05, 0) is 52.8 Å². The molecule has 34 heavy (non-hydrogen) atoms. The van der Waals surface area contributed by atoms with Crippen molar-refractivity contribution in [1.29, 1.82) is 0 Å². The van der Waals surface area contributed by atoms with Gasteiger partial charge >= 0.3 is 0 Å². The van der Waals surface area contributed by atoms with Gasteiger partial charge in [-0.15, -0.1) is 0 Å². The highest BCUT2D eigenvalue weighted by Gasteiger charge is 2.35. The molecule has 3 aromatic rings. The second kappa shape index (κ2) is 10.4. The zero-order valence-corrected chi connectivity index (χ0v) is 20.3. The number of carbonyl (C=O) groups excluding carboxylic acids is 1. The van der Waals surface area contributed by atoms with Crippen LogP contribution in [-0.2, 0) is 30.6 Å². The second-order valence-electron chi connectivity index (χ2n) is 9.82. The van der Waals surface area contributed by atoms with Crippen molar-refractivity contribution in [3.05, 3.63) is 94.8 Å². The van der Waals surface area contributed by atoms with Gasteiger partial charge in [0.2, 0.25) is 5.91 Å². The van der Waals surface area contributed by atoms with Crippen molar-refractivity contribution in [3.8, 4) is 5.75 Å². The SMILES string of the molecule is CC(C)c1ccc(C[C@@]2(C)Cc3cc(CC(=O)N(CCO)Cc4cccnc4)ccc3O2)cc1. The minimum absolute atomic E-state index is 0.00947. The van der Waals surface area contributed by atoms with E-state index in [0.717, 1.165) is 35.3 Å². The molecule has 2 heterocycles. The molecule has 178 valence electrons. The number of ether oxygens (including phenoxy) is 1. The standard InChI is InChI=1S/C29H34N2O3/c1-21(2)25-9-6-22(7-10-25)17-29(3)18-26-15-23(8-11-27(26)34-29)16-28(33)31(13-14-32)20-24-5-4-12-30-19-24/h4-12,15,19,21,32H,13-14,16-18,20H2,1-3H3/t29-/m0/s1. The first-order valence-electron chi connectivity index (χ1n) is 12.0. The summed E-state index contributed by atoms with van der Waals surface area (Å²) >= 11 is 0. The van der Waals surface area contributed by atoms with Crippen LogP contribution in [0.25, 0.3) is 0 Å². The molecule has 0 saturated carbocycles. The van der Waals surface area contributed by atoms with Gasteiger partial charge in [-0.3, -0.25) is 9.78 Å². The number of nitrogens with zero attached hydrogens (tertiary/aromatic N) is 2. The van der Waals surface area contributed by atoms with Crippen molar-refractivity contribution in [2.75, 3.05) is 13.2 Å². The molecule has 4 rings (SSSR count). The number of hydrogen-bond acceptors (Lipinski definition) is 4. The fourth-order valence-electron chi connectivity index (χ4n) is 4.65. The molecule has 1 atom stereocenters. The predicted molar refractivity (Wildman–Crippen MR) is 134 cm³/mol. The van der Waals surface area contributed by atoms with Gasteiger partial charge in [0.1, 0.15) is 11.4 Å². The highest BCUT2D eigenvalue weighted by molar-refractivity contribution is 5.79. The molecule has 1 aliphatic heterocycles. The Labute approximate surface area is 202 Å². The van der Waals surface area contributed by atoms with Gasteiger partial charge in [0.25, 0.3) is 0 Å². The maximum Gasteiger partial charge on any atom is 0.227 e. The fourth-order valence-corrected chi connectivity index (χ4v) is 4.65. The Bertz CT molecular complexity index is 1110. The van der Waals surface area contributed by atoms with Gasteiger partial charge < -0.3 is 14.7 Å². The molecule has 1 aromatic heterocycles. The number of aliphatic hydroxyl groups is 1. The number of aliphatic hydroxyl groups excluding tert-OH is 1. The number of benzene rings is 2. The van der Waals surface area contributed by atoms with Crippen LogP contribution in [0.1, 0.15) is 54.5 Å². The Morgan fingerprint density at radius 1 is 1.12 bits per heavy atom. The topological polar surface area (TPSA) is 62.7 Å². The van der Waals surface area contributed by atoms with E-state index in [1.807, 2.05) is 24.3 Å². The number of amides is 1. The quantitative estimate of drug-likeness (QED) is 0.505. The molecule has 1 aliphatic rings. The first-order valence-corrected chi connectivity index (χ1v) is 12.0. The highest BCUT2D eigenvalue weighted by Crippen LogP contribution is 2.37. The highest BCUT2D eigenvalue weighted by atomic mass is 16.5. The van der Waals surface area contributed by atoms with Crippen LogP contribution in [0.2, 0.25) is 0 Å². The molecule has 1 N–H and O–H groups in total. The van der Waals surface area contributed by atoms with E-state index < -0.39 is 0 Å². The van der Waals surface area contributed by atoms with E-state index >= 15 is 0 Å². The van der Waals surface area contributed by atoms with Crippen LogP contribution in [0.15, 0.2) is 67.0 Å². The summed E-state index contributed by atoms with van der Waals surface area (Å²) in [6, 6.07) is 18.7. The molecule has 5 heteroatoms. The van der Waals surface area contributed by atoms with Crippen molar-refractivity contribution in [3.63, 3.8) is 0 Å². The average molecular weight is 459 g/mol. The van der Waals surface area contributed by atoms with Gasteiger partial charge in [0.15, 0.2) is 0 Å². The third-order valence-electron chi connectivity index (χ3n) is 6.44. The molecule has 0 aliphatic carbocycles. The maximum absolute atomic E-state index is 13.0. The summed E-state index contributed by atoms with van der Waals surface area (Å²) < 4.78 is 6.37. The van der Waals surface area contributed by atoms with E-state index in [4.69, 9.17) is 4.74 Å². The largest absolute Gasteiger partial charge is 0.487 e. The predicted octanol–water partition coefficient (Wildman–Crippen LogP) is 4.70.